The summed E-state index contributed by atoms with van der Waals surface area (Å²) < 4.78 is 0. The number of H-pyrrole nitrogens is 2. The Kier molecular flexibility index (Phi) is 4.93. The van der Waals surface area contributed by atoms with Gasteiger partial charge in [0.2, 0.25) is 0 Å². The van der Waals surface area contributed by atoms with Crippen LogP contribution in [0.25, 0.3) is 27.4 Å². The first kappa shape index (κ1) is 20.8. The molecule has 0 aliphatic heterocycles. The molecule has 2 heterocycles. The number of carbonyl (C=O) groups excluding carboxylic acids is 2. The molecular formula is C27H24N2O4. The topological polar surface area (TPSA) is 106 Å². The predicted octanol–water partition coefficient (Wildman–Crippen LogP) is 5.04. The molecule has 6 heteroatoms. The Morgan fingerprint density at radius 1 is 0.909 bits per heavy atom. The number of benzene rings is 2. The molecule has 2 aromatic heterocycles. The first-order chi connectivity index (χ1) is 15.8. The standard InChI is InChI=1S/C27H24N2O4/c1-14(11-19-18-12-16(30)7-8-22(18)29-27(19)33)15(2)25-23(31)9-10-24(32)26(25)20-13-28-21-6-4-3-5-17(20)21/h3-10,12-15,28-30,33H,11H2,1-2H3. The highest BCUT2D eigenvalue weighted by molar-refractivity contribution is 6.37. The minimum atomic E-state index is -0.253. The van der Waals surface area contributed by atoms with Gasteiger partial charge in [-0.1, -0.05) is 32.0 Å². The van der Waals surface area contributed by atoms with Crippen LogP contribution in [0.3, 0.4) is 0 Å². The number of phenols is 1. The molecule has 0 amide bonds. The normalized spacial score (nSPS) is 16.2. The summed E-state index contributed by atoms with van der Waals surface area (Å²) in [6.45, 7) is 3.95. The molecule has 33 heavy (non-hydrogen) atoms. The van der Waals surface area contributed by atoms with Crippen LogP contribution in [0.15, 0.2) is 66.4 Å². The molecule has 4 N–H and O–H groups in total. The molecule has 0 bridgehead atoms. The summed E-state index contributed by atoms with van der Waals surface area (Å²) in [6, 6.07) is 12.6. The number of nitrogens with one attached hydrogen (secondary N) is 2. The number of hydrogen-bond donors (Lipinski definition) is 4. The number of aromatic hydroxyl groups is 2. The molecule has 2 atom stereocenters. The van der Waals surface area contributed by atoms with Gasteiger partial charge in [-0.05, 0) is 54.7 Å². The van der Waals surface area contributed by atoms with Gasteiger partial charge in [0, 0.05) is 50.3 Å². The van der Waals surface area contributed by atoms with E-state index >= 15 is 0 Å². The van der Waals surface area contributed by atoms with Gasteiger partial charge in [0.25, 0.3) is 0 Å². The molecule has 2 unspecified atom stereocenters. The third-order valence-corrected chi connectivity index (χ3v) is 6.73. The van der Waals surface area contributed by atoms with Crippen molar-refractivity contribution in [2.45, 2.75) is 20.3 Å². The summed E-state index contributed by atoms with van der Waals surface area (Å²) in [5.41, 5.74) is 3.95. The Morgan fingerprint density at radius 3 is 2.48 bits per heavy atom. The average molecular weight is 440 g/mol. The summed E-state index contributed by atoms with van der Waals surface area (Å²) in [7, 11) is 0. The fraction of sp³-hybridized carbons (Fsp3) is 0.185. The zero-order valence-electron chi connectivity index (χ0n) is 18.3. The summed E-state index contributed by atoms with van der Waals surface area (Å²) in [4.78, 5) is 32.2. The number of aromatic amines is 2. The Bertz CT molecular complexity index is 1480. The predicted molar refractivity (Wildman–Crippen MR) is 128 cm³/mol. The maximum Gasteiger partial charge on any atom is 0.192 e. The molecule has 5 rings (SSSR count). The SMILES string of the molecule is CC(Cc1c(O)[nH]c2ccc(O)cc12)C(C)C1=C(c2c[nH]c3ccccc23)C(=O)C=CC1=O. The number of para-hydroxylation sites is 1. The molecule has 2 aromatic carbocycles. The largest absolute Gasteiger partial charge is 0.508 e. The third-order valence-electron chi connectivity index (χ3n) is 6.73. The fourth-order valence-electron chi connectivity index (χ4n) is 4.80. The van der Waals surface area contributed by atoms with Crippen LogP contribution >= 0.6 is 0 Å². The molecule has 0 saturated heterocycles. The summed E-state index contributed by atoms with van der Waals surface area (Å²) >= 11 is 0. The van der Waals surface area contributed by atoms with E-state index in [1.54, 1.807) is 24.4 Å². The molecule has 0 radical (unpaired) electrons. The van der Waals surface area contributed by atoms with Crippen molar-refractivity contribution < 1.29 is 19.8 Å². The van der Waals surface area contributed by atoms with Gasteiger partial charge in [-0.15, -0.1) is 0 Å². The lowest BCUT2D eigenvalue weighted by Crippen LogP contribution is -2.23. The highest BCUT2D eigenvalue weighted by atomic mass is 16.3. The second-order valence-electron chi connectivity index (χ2n) is 8.75. The van der Waals surface area contributed by atoms with Gasteiger partial charge >= 0.3 is 0 Å². The monoisotopic (exact) mass is 440 g/mol. The van der Waals surface area contributed by atoms with Crippen molar-refractivity contribution in [3.8, 4) is 11.6 Å². The van der Waals surface area contributed by atoms with Crippen LogP contribution in [-0.4, -0.2) is 31.7 Å². The second kappa shape index (κ2) is 7.81. The van der Waals surface area contributed by atoms with Gasteiger partial charge in [0.05, 0.1) is 0 Å². The van der Waals surface area contributed by atoms with E-state index < -0.39 is 0 Å². The third kappa shape index (κ3) is 3.44. The number of allylic oxidation sites excluding steroid dienone is 4. The van der Waals surface area contributed by atoms with Crippen LogP contribution in [0.2, 0.25) is 0 Å². The quantitative estimate of drug-likeness (QED) is 0.326. The smallest absolute Gasteiger partial charge is 0.192 e. The lowest BCUT2D eigenvalue weighted by molar-refractivity contribution is -0.114. The van der Waals surface area contributed by atoms with E-state index in [0.717, 1.165) is 27.4 Å². The van der Waals surface area contributed by atoms with Crippen LogP contribution in [0.5, 0.6) is 11.6 Å². The number of phenolic OH excluding ortho intramolecular Hbond substituents is 1. The molecule has 6 nitrogen and oxygen atoms in total. The molecule has 4 aromatic rings. The van der Waals surface area contributed by atoms with Crippen LogP contribution in [-0.2, 0) is 16.0 Å². The van der Waals surface area contributed by atoms with E-state index in [9.17, 15) is 19.8 Å². The van der Waals surface area contributed by atoms with Crippen LogP contribution < -0.4 is 0 Å². The van der Waals surface area contributed by atoms with Crippen LogP contribution in [0.1, 0.15) is 25.0 Å². The van der Waals surface area contributed by atoms with Crippen molar-refractivity contribution in [3.63, 3.8) is 0 Å². The Balaban J connectivity index is 1.58. The lowest BCUT2D eigenvalue weighted by atomic mass is 9.76. The minimum Gasteiger partial charge on any atom is -0.508 e. The Labute approximate surface area is 190 Å². The Morgan fingerprint density at radius 2 is 1.67 bits per heavy atom. The number of aromatic nitrogens is 2. The summed E-state index contributed by atoms with van der Waals surface area (Å²) in [5.74, 6) is -0.520. The van der Waals surface area contributed by atoms with E-state index in [-0.39, 0.29) is 35.0 Å². The zero-order chi connectivity index (χ0) is 23.3. The van der Waals surface area contributed by atoms with Crippen molar-refractivity contribution in [2.24, 2.45) is 11.8 Å². The molecular weight excluding hydrogens is 416 g/mol. The van der Waals surface area contributed by atoms with Gasteiger partial charge < -0.3 is 20.2 Å². The van der Waals surface area contributed by atoms with E-state index in [1.807, 2.05) is 38.1 Å². The number of carbonyl (C=O) groups is 2. The second-order valence-corrected chi connectivity index (χ2v) is 8.75. The van der Waals surface area contributed by atoms with Crippen LogP contribution in [0.4, 0.5) is 0 Å². The summed E-state index contributed by atoms with van der Waals surface area (Å²) in [5, 5.41) is 22.0. The Hall–Kier alpha value is -4.06. The van der Waals surface area contributed by atoms with Gasteiger partial charge in [-0.3, -0.25) is 9.59 Å². The van der Waals surface area contributed by atoms with Crippen molar-refractivity contribution in [1.29, 1.82) is 0 Å². The van der Waals surface area contributed by atoms with E-state index in [2.05, 4.69) is 9.97 Å². The molecule has 1 aliphatic carbocycles. The highest BCUT2D eigenvalue weighted by Gasteiger charge is 2.32. The van der Waals surface area contributed by atoms with Gasteiger partial charge in [0.15, 0.2) is 17.4 Å². The van der Waals surface area contributed by atoms with Gasteiger partial charge in [-0.2, -0.15) is 0 Å². The van der Waals surface area contributed by atoms with E-state index in [4.69, 9.17) is 0 Å². The lowest BCUT2D eigenvalue weighted by Gasteiger charge is -2.25. The summed E-state index contributed by atoms with van der Waals surface area (Å²) in [6.07, 6.45) is 4.94. The highest BCUT2D eigenvalue weighted by Crippen LogP contribution is 2.39. The molecule has 166 valence electrons. The molecule has 0 spiro atoms. The van der Waals surface area contributed by atoms with Crippen LogP contribution in [0, 0.1) is 11.8 Å². The van der Waals surface area contributed by atoms with Crippen molar-refractivity contribution in [3.05, 3.63) is 77.5 Å². The zero-order valence-corrected chi connectivity index (χ0v) is 18.3. The van der Waals surface area contributed by atoms with E-state index in [0.29, 0.717) is 23.1 Å². The van der Waals surface area contributed by atoms with E-state index in [1.165, 1.54) is 12.2 Å². The number of hydrogen-bond acceptors (Lipinski definition) is 4. The van der Waals surface area contributed by atoms with Crippen molar-refractivity contribution in [2.75, 3.05) is 0 Å². The fourth-order valence-corrected chi connectivity index (χ4v) is 4.80. The minimum absolute atomic E-state index is 0.0476. The molecule has 0 fully saturated rings. The maximum absolute atomic E-state index is 13.1. The number of ketones is 2. The number of fused-ring (bicyclic) bond motifs is 2. The molecule has 0 saturated carbocycles. The number of rotatable bonds is 5. The average Bonchev–Trinajstić information content (AvgIpc) is 3.35. The first-order valence-corrected chi connectivity index (χ1v) is 10.9. The van der Waals surface area contributed by atoms with Crippen molar-refractivity contribution >= 4 is 38.9 Å². The van der Waals surface area contributed by atoms with Gasteiger partial charge in [0.1, 0.15) is 5.75 Å². The maximum atomic E-state index is 13.1. The first-order valence-electron chi connectivity index (χ1n) is 10.9. The molecule has 1 aliphatic rings. The van der Waals surface area contributed by atoms with Gasteiger partial charge in [-0.25, -0.2) is 0 Å². The van der Waals surface area contributed by atoms with Crippen molar-refractivity contribution in [1.82, 2.24) is 9.97 Å².